The number of para-hydroxylation sites is 1. The van der Waals surface area contributed by atoms with E-state index in [0.717, 1.165) is 12.8 Å². The van der Waals surface area contributed by atoms with Crippen molar-refractivity contribution < 1.29 is 19.1 Å². The van der Waals surface area contributed by atoms with E-state index in [9.17, 15) is 14.4 Å². The van der Waals surface area contributed by atoms with Crippen LogP contribution in [0.4, 0.5) is 10.5 Å². The van der Waals surface area contributed by atoms with E-state index in [2.05, 4.69) is 5.32 Å². The van der Waals surface area contributed by atoms with E-state index >= 15 is 0 Å². The fourth-order valence-corrected chi connectivity index (χ4v) is 3.57. The van der Waals surface area contributed by atoms with Gasteiger partial charge in [0, 0.05) is 32.6 Å². The van der Waals surface area contributed by atoms with Gasteiger partial charge in [-0.05, 0) is 37.5 Å². The van der Waals surface area contributed by atoms with Crippen LogP contribution >= 0.6 is 0 Å². The number of carbonyl (C=O) groups is 3. The molecule has 0 unspecified atom stereocenters. The highest BCUT2D eigenvalue weighted by Crippen LogP contribution is 2.19. The van der Waals surface area contributed by atoms with Gasteiger partial charge in [-0.2, -0.15) is 0 Å². The van der Waals surface area contributed by atoms with Crippen molar-refractivity contribution in [3.63, 3.8) is 0 Å². The zero-order valence-corrected chi connectivity index (χ0v) is 17.9. The van der Waals surface area contributed by atoms with Gasteiger partial charge in [0.2, 0.25) is 5.91 Å². The Kier molecular flexibility index (Phi) is 8.04. The second kappa shape index (κ2) is 11.2. The second-order valence-electron chi connectivity index (χ2n) is 7.41. The minimum absolute atomic E-state index is 0.108. The van der Waals surface area contributed by atoms with Crippen LogP contribution in [0, 0.1) is 0 Å². The topological polar surface area (TPSA) is 79.0 Å². The fourth-order valence-electron chi connectivity index (χ4n) is 3.57. The van der Waals surface area contributed by atoms with E-state index < -0.39 is 0 Å². The lowest BCUT2D eigenvalue weighted by Gasteiger charge is -2.34. The lowest BCUT2D eigenvalue weighted by Crippen LogP contribution is -2.50. The highest BCUT2D eigenvalue weighted by molar-refractivity contribution is 6.03. The first-order valence-corrected chi connectivity index (χ1v) is 10.7. The monoisotopic (exact) mass is 423 g/mol. The van der Waals surface area contributed by atoms with Crippen LogP contribution in [0.15, 0.2) is 54.6 Å². The van der Waals surface area contributed by atoms with Gasteiger partial charge < -0.3 is 19.9 Å². The molecule has 164 valence electrons. The molecule has 1 saturated heterocycles. The number of nitrogens with zero attached hydrogens (tertiary/aromatic N) is 2. The average Bonchev–Trinajstić information content (AvgIpc) is 2.80. The van der Waals surface area contributed by atoms with Crippen molar-refractivity contribution >= 4 is 23.6 Å². The summed E-state index contributed by atoms with van der Waals surface area (Å²) in [5.74, 6) is -0.257. The zero-order valence-electron chi connectivity index (χ0n) is 17.9. The fraction of sp³-hybridized carbons (Fsp3) is 0.375. The molecule has 1 fully saturated rings. The summed E-state index contributed by atoms with van der Waals surface area (Å²) in [5, 5.41) is 2.89. The SMILES string of the molecule is CCOC(=O)N1CCN(C(=O)c2ccccc2NC(=O)CCCc2ccccc2)CC1. The minimum Gasteiger partial charge on any atom is -0.450 e. The minimum atomic E-state index is -0.349. The van der Waals surface area contributed by atoms with Gasteiger partial charge in [0.25, 0.3) is 5.91 Å². The van der Waals surface area contributed by atoms with Gasteiger partial charge in [0.15, 0.2) is 0 Å². The van der Waals surface area contributed by atoms with Crippen molar-refractivity contribution in [3.05, 3.63) is 65.7 Å². The van der Waals surface area contributed by atoms with E-state index in [1.54, 1.807) is 41.0 Å². The molecular formula is C24H29N3O4. The first kappa shape index (κ1) is 22.3. The Morgan fingerprint density at radius 2 is 1.55 bits per heavy atom. The molecule has 0 aliphatic carbocycles. The first-order chi connectivity index (χ1) is 15.1. The Hall–Kier alpha value is -3.35. The molecule has 0 aromatic heterocycles. The van der Waals surface area contributed by atoms with E-state index in [4.69, 9.17) is 4.74 Å². The number of nitrogens with one attached hydrogen (secondary N) is 1. The van der Waals surface area contributed by atoms with Gasteiger partial charge in [0.1, 0.15) is 0 Å². The second-order valence-corrected chi connectivity index (χ2v) is 7.41. The largest absolute Gasteiger partial charge is 0.450 e. The number of aryl methyl sites for hydroxylation is 1. The maximum atomic E-state index is 13.0. The summed E-state index contributed by atoms with van der Waals surface area (Å²) in [7, 11) is 0. The van der Waals surface area contributed by atoms with E-state index in [0.29, 0.717) is 50.5 Å². The number of ether oxygens (including phenoxy) is 1. The van der Waals surface area contributed by atoms with Gasteiger partial charge in [-0.3, -0.25) is 9.59 Å². The van der Waals surface area contributed by atoms with Crippen molar-refractivity contribution in [3.8, 4) is 0 Å². The van der Waals surface area contributed by atoms with E-state index in [1.807, 2.05) is 30.3 Å². The third-order valence-corrected chi connectivity index (χ3v) is 5.24. The molecule has 3 rings (SSSR count). The molecule has 0 radical (unpaired) electrons. The zero-order chi connectivity index (χ0) is 22.1. The van der Waals surface area contributed by atoms with Gasteiger partial charge in [-0.1, -0.05) is 42.5 Å². The smallest absolute Gasteiger partial charge is 0.409 e. The summed E-state index contributed by atoms with van der Waals surface area (Å²) in [6, 6.07) is 17.1. The number of hydrogen-bond acceptors (Lipinski definition) is 4. The molecule has 2 aromatic rings. The molecular weight excluding hydrogens is 394 g/mol. The van der Waals surface area contributed by atoms with Crippen molar-refractivity contribution in [1.82, 2.24) is 9.80 Å². The number of piperazine rings is 1. The normalized spacial score (nSPS) is 13.6. The predicted octanol–water partition coefficient (Wildman–Crippen LogP) is 3.56. The summed E-state index contributed by atoms with van der Waals surface area (Å²) in [6.45, 7) is 3.81. The van der Waals surface area contributed by atoms with Gasteiger partial charge in [-0.25, -0.2) is 4.79 Å². The molecule has 3 amide bonds. The molecule has 7 nitrogen and oxygen atoms in total. The van der Waals surface area contributed by atoms with Crippen molar-refractivity contribution in [1.29, 1.82) is 0 Å². The Morgan fingerprint density at radius 3 is 2.26 bits per heavy atom. The molecule has 1 heterocycles. The summed E-state index contributed by atoms with van der Waals surface area (Å²) >= 11 is 0. The molecule has 0 saturated carbocycles. The molecule has 2 aromatic carbocycles. The number of anilines is 1. The molecule has 1 N–H and O–H groups in total. The van der Waals surface area contributed by atoms with Crippen LogP contribution in [0.2, 0.25) is 0 Å². The van der Waals surface area contributed by atoms with Crippen LogP contribution in [-0.2, 0) is 16.0 Å². The average molecular weight is 424 g/mol. The molecule has 0 atom stereocenters. The third kappa shape index (κ3) is 6.31. The van der Waals surface area contributed by atoms with Crippen molar-refractivity contribution in [2.24, 2.45) is 0 Å². The van der Waals surface area contributed by atoms with Crippen molar-refractivity contribution in [2.45, 2.75) is 26.2 Å². The standard InChI is InChI=1S/C24H29N3O4/c1-2-31-24(30)27-17-15-26(16-18-27)23(29)20-12-6-7-13-21(20)25-22(28)14-8-11-19-9-4-3-5-10-19/h3-7,9-10,12-13H,2,8,11,14-18H2,1H3,(H,25,28). The lowest BCUT2D eigenvalue weighted by atomic mass is 10.1. The Bertz CT molecular complexity index is 893. The Balaban J connectivity index is 1.54. The first-order valence-electron chi connectivity index (χ1n) is 10.7. The molecule has 0 bridgehead atoms. The number of hydrogen-bond donors (Lipinski definition) is 1. The summed E-state index contributed by atoms with van der Waals surface area (Å²) in [6.07, 6.45) is 1.61. The lowest BCUT2D eigenvalue weighted by molar-refractivity contribution is -0.116. The van der Waals surface area contributed by atoms with Crippen LogP contribution in [0.1, 0.15) is 35.7 Å². The van der Waals surface area contributed by atoms with Crippen LogP contribution in [0.3, 0.4) is 0 Å². The number of carbonyl (C=O) groups excluding carboxylic acids is 3. The van der Waals surface area contributed by atoms with Gasteiger partial charge >= 0.3 is 6.09 Å². The maximum absolute atomic E-state index is 13.0. The highest BCUT2D eigenvalue weighted by Gasteiger charge is 2.26. The van der Waals surface area contributed by atoms with E-state index in [1.165, 1.54) is 5.56 Å². The molecule has 31 heavy (non-hydrogen) atoms. The quantitative estimate of drug-likeness (QED) is 0.739. The summed E-state index contributed by atoms with van der Waals surface area (Å²) in [4.78, 5) is 40.6. The van der Waals surface area contributed by atoms with Crippen LogP contribution in [0.5, 0.6) is 0 Å². The highest BCUT2D eigenvalue weighted by atomic mass is 16.6. The molecule has 1 aliphatic heterocycles. The van der Waals surface area contributed by atoms with Gasteiger partial charge in [-0.15, -0.1) is 0 Å². The summed E-state index contributed by atoms with van der Waals surface area (Å²) < 4.78 is 5.02. The Morgan fingerprint density at radius 1 is 0.903 bits per heavy atom. The maximum Gasteiger partial charge on any atom is 0.409 e. The van der Waals surface area contributed by atoms with Crippen molar-refractivity contribution in [2.75, 3.05) is 38.1 Å². The molecule has 7 heteroatoms. The molecule has 1 aliphatic rings. The van der Waals surface area contributed by atoms with Crippen LogP contribution in [0.25, 0.3) is 0 Å². The number of benzene rings is 2. The summed E-state index contributed by atoms with van der Waals surface area (Å²) in [5.41, 5.74) is 2.18. The third-order valence-electron chi connectivity index (χ3n) is 5.24. The number of rotatable bonds is 7. The Labute approximate surface area is 183 Å². The van der Waals surface area contributed by atoms with E-state index in [-0.39, 0.29) is 17.9 Å². The van der Waals surface area contributed by atoms with Gasteiger partial charge in [0.05, 0.1) is 17.9 Å². The molecule has 0 spiro atoms. The van der Waals surface area contributed by atoms with Crippen LogP contribution in [-0.4, -0.2) is 60.5 Å². The van der Waals surface area contributed by atoms with Crippen LogP contribution < -0.4 is 5.32 Å². The predicted molar refractivity (Wildman–Crippen MR) is 119 cm³/mol. The number of amides is 3.